The van der Waals surface area contributed by atoms with Gasteiger partial charge in [-0.25, -0.2) is 9.59 Å². The highest BCUT2D eigenvalue weighted by atomic mass is 16.5. The van der Waals surface area contributed by atoms with E-state index in [1.54, 1.807) is 42.5 Å². The van der Waals surface area contributed by atoms with E-state index in [4.69, 9.17) is 14.6 Å². The van der Waals surface area contributed by atoms with E-state index in [-0.39, 0.29) is 22.5 Å². The Morgan fingerprint density at radius 1 is 0.825 bits per heavy atom. The number of unbranched alkanes of at least 4 members (excludes halogenated alkanes) is 4. The number of hydrogen-bond donors (Lipinski definition) is 2. The molecule has 1 unspecified atom stereocenters. The lowest BCUT2D eigenvalue weighted by Gasteiger charge is -2.27. The van der Waals surface area contributed by atoms with Crippen LogP contribution < -0.4 is 4.74 Å². The van der Waals surface area contributed by atoms with Crippen molar-refractivity contribution in [1.82, 2.24) is 0 Å². The molecule has 6 nitrogen and oxygen atoms in total. The molecule has 0 aliphatic heterocycles. The lowest BCUT2D eigenvalue weighted by Crippen LogP contribution is -2.29. The average molecular weight is 557 g/mol. The maximum atomic E-state index is 11.7. The molecule has 0 amide bonds. The first-order valence-corrected chi connectivity index (χ1v) is 14.9. The molecule has 0 spiro atoms. The molecule has 0 heterocycles. The summed E-state index contributed by atoms with van der Waals surface area (Å²) in [5.41, 5.74) is 0.117. The van der Waals surface area contributed by atoms with Gasteiger partial charge in [0.15, 0.2) is 0 Å². The SMILES string of the molecule is CC(C)CCCCCCCOC(=O)c1ccccc1O.CCC(C)CCCC(C)(C)Oc1ccccc1C(=O)O. The molecule has 0 aliphatic carbocycles. The van der Waals surface area contributed by atoms with Gasteiger partial charge in [0.1, 0.15) is 28.2 Å². The highest BCUT2D eigenvalue weighted by Crippen LogP contribution is 2.27. The van der Waals surface area contributed by atoms with Crippen LogP contribution in [0.3, 0.4) is 0 Å². The molecule has 224 valence electrons. The van der Waals surface area contributed by atoms with Crippen molar-refractivity contribution >= 4 is 11.9 Å². The van der Waals surface area contributed by atoms with Crippen LogP contribution in [0.1, 0.15) is 126 Å². The number of phenols is 1. The smallest absolute Gasteiger partial charge is 0.341 e. The Labute approximate surface area is 242 Å². The third-order valence-electron chi connectivity index (χ3n) is 6.96. The average Bonchev–Trinajstić information content (AvgIpc) is 2.90. The predicted molar refractivity (Wildman–Crippen MR) is 162 cm³/mol. The molecule has 2 rings (SSSR count). The molecule has 1 atom stereocenters. The van der Waals surface area contributed by atoms with Crippen molar-refractivity contribution in [2.24, 2.45) is 11.8 Å². The Morgan fingerprint density at radius 3 is 2.05 bits per heavy atom. The minimum absolute atomic E-state index is 0.0221. The van der Waals surface area contributed by atoms with Gasteiger partial charge in [0.05, 0.1) is 6.61 Å². The number of rotatable bonds is 17. The minimum Gasteiger partial charge on any atom is -0.507 e. The minimum atomic E-state index is -0.948. The monoisotopic (exact) mass is 556 g/mol. The van der Waals surface area contributed by atoms with Gasteiger partial charge in [-0.15, -0.1) is 0 Å². The highest BCUT2D eigenvalue weighted by molar-refractivity contribution is 5.92. The summed E-state index contributed by atoms with van der Waals surface area (Å²) in [6.45, 7) is 13.4. The van der Waals surface area contributed by atoms with Crippen LogP contribution in [-0.2, 0) is 4.74 Å². The quantitative estimate of drug-likeness (QED) is 0.149. The van der Waals surface area contributed by atoms with Crippen molar-refractivity contribution < 1.29 is 29.3 Å². The molecule has 0 radical (unpaired) electrons. The summed E-state index contributed by atoms with van der Waals surface area (Å²) in [6, 6.07) is 13.3. The number of carboxylic acid groups (broad SMARTS) is 1. The van der Waals surface area contributed by atoms with Crippen LogP contribution in [0.25, 0.3) is 0 Å². The number of ether oxygens (including phenoxy) is 2. The summed E-state index contributed by atoms with van der Waals surface area (Å²) in [4.78, 5) is 22.9. The second-order valence-electron chi connectivity index (χ2n) is 11.7. The standard InChI is InChI=1S/2C17H26O3/c1-5-13(2)9-8-12-17(3,4)20-15-11-7-6-10-14(15)16(18)19;1-14(2)10-6-4-3-5-9-13-20-17(19)15-11-7-8-12-16(15)18/h6-7,10-11,13H,5,8-9,12H2,1-4H3,(H,18,19);7-8,11-12,14,18H,3-6,9-10,13H2,1-2H3. The van der Waals surface area contributed by atoms with Crippen molar-refractivity contribution in [3.63, 3.8) is 0 Å². The van der Waals surface area contributed by atoms with Crippen LogP contribution in [0.2, 0.25) is 0 Å². The Kier molecular flexibility index (Phi) is 16.7. The van der Waals surface area contributed by atoms with Gasteiger partial charge in [0, 0.05) is 0 Å². The first-order chi connectivity index (χ1) is 19.0. The molecule has 6 heteroatoms. The molecule has 0 bridgehead atoms. The van der Waals surface area contributed by atoms with Crippen molar-refractivity contribution in [3.05, 3.63) is 59.7 Å². The second kappa shape index (κ2) is 19.1. The third kappa shape index (κ3) is 14.9. The van der Waals surface area contributed by atoms with Gasteiger partial charge in [0.2, 0.25) is 0 Å². The van der Waals surface area contributed by atoms with Crippen LogP contribution in [0.4, 0.5) is 0 Å². The number of carbonyl (C=O) groups is 2. The van der Waals surface area contributed by atoms with Crippen molar-refractivity contribution in [1.29, 1.82) is 0 Å². The number of aromatic carboxylic acids is 1. The van der Waals surface area contributed by atoms with Crippen LogP contribution in [0, 0.1) is 11.8 Å². The van der Waals surface area contributed by atoms with E-state index in [0.717, 1.165) is 37.5 Å². The molecule has 0 aromatic heterocycles. The van der Waals surface area contributed by atoms with Gasteiger partial charge >= 0.3 is 11.9 Å². The number of aromatic hydroxyl groups is 1. The molecule has 0 fully saturated rings. The fourth-order valence-electron chi connectivity index (χ4n) is 4.24. The third-order valence-corrected chi connectivity index (χ3v) is 6.96. The van der Waals surface area contributed by atoms with E-state index in [1.165, 1.54) is 44.6 Å². The molecule has 0 saturated carbocycles. The number of esters is 1. The number of carbonyl (C=O) groups excluding carboxylic acids is 1. The molecular formula is C34H52O6. The van der Waals surface area contributed by atoms with Crippen molar-refractivity contribution in [2.45, 2.75) is 111 Å². The maximum absolute atomic E-state index is 11.7. The summed E-state index contributed by atoms with van der Waals surface area (Å²) in [6.07, 6.45) is 11.4. The van der Waals surface area contributed by atoms with Crippen LogP contribution in [0.5, 0.6) is 11.5 Å². The van der Waals surface area contributed by atoms with Gasteiger partial charge < -0.3 is 19.7 Å². The van der Waals surface area contributed by atoms with Crippen molar-refractivity contribution in [2.75, 3.05) is 6.61 Å². The first kappa shape index (κ1) is 35.0. The number of para-hydroxylation sites is 2. The number of hydrogen-bond acceptors (Lipinski definition) is 5. The Morgan fingerprint density at radius 2 is 1.43 bits per heavy atom. The molecule has 2 aromatic rings. The molecule has 40 heavy (non-hydrogen) atoms. The largest absolute Gasteiger partial charge is 0.507 e. The number of carboxylic acids is 1. The molecule has 2 N–H and O–H groups in total. The Hall–Kier alpha value is -3.02. The topological polar surface area (TPSA) is 93.1 Å². The summed E-state index contributed by atoms with van der Waals surface area (Å²) in [5.74, 6) is 0.560. The maximum Gasteiger partial charge on any atom is 0.341 e. The zero-order chi connectivity index (χ0) is 30.0. The number of benzene rings is 2. The van der Waals surface area contributed by atoms with E-state index < -0.39 is 11.9 Å². The van der Waals surface area contributed by atoms with Crippen LogP contribution in [-0.4, -0.2) is 34.4 Å². The molecular weight excluding hydrogens is 504 g/mol. The van der Waals surface area contributed by atoms with E-state index >= 15 is 0 Å². The lowest BCUT2D eigenvalue weighted by molar-refractivity contribution is 0.0493. The molecule has 0 aliphatic rings. The normalized spacial score (nSPS) is 11.9. The zero-order valence-electron chi connectivity index (χ0n) is 25.6. The van der Waals surface area contributed by atoms with E-state index in [0.29, 0.717) is 12.4 Å². The Balaban J connectivity index is 0.000000400. The van der Waals surface area contributed by atoms with Gasteiger partial charge in [-0.05, 0) is 69.2 Å². The summed E-state index contributed by atoms with van der Waals surface area (Å²) in [7, 11) is 0. The van der Waals surface area contributed by atoms with Gasteiger partial charge in [-0.1, -0.05) is 96.9 Å². The van der Waals surface area contributed by atoms with Crippen LogP contribution in [0.15, 0.2) is 48.5 Å². The zero-order valence-corrected chi connectivity index (χ0v) is 25.6. The fraction of sp³-hybridized carbons (Fsp3) is 0.588. The molecule has 0 saturated heterocycles. The van der Waals surface area contributed by atoms with Crippen LogP contribution >= 0.6 is 0 Å². The highest BCUT2D eigenvalue weighted by Gasteiger charge is 2.22. The van der Waals surface area contributed by atoms with Gasteiger partial charge in [0.25, 0.3) is 0 Å². The van der Waals surface area contributed by atoms with E-state index in [9.17, 15) is 14.7 Å². The number of phenolic OH excluding ortho intramolecular Hbond substituents is 1. The predicted octanol–water partition coefficient (Wildman–Crippen LogP) is 9.30. The van der Waals surface area contributed by atoms with E-state index in [2.05, 4.69) is 27.7 Å². The summed E-state index contributed by atoms with van der Waals surface area (Å²) < 4.78 is 11.1. The fourth-order valence-corrected chi connectivity index (χ4v) is 4.24. The Bertz CT molecular complexity index is 997. The first-order valence-electron chi connectivity index (χ1n) is 14.9. The van der Waals surface area contributed by atoms with Gasteiger partial charge in [-0.2, -0.15) is 0 Å². The lowest BCUT2D eigenvalue weighted by atomic mass is 9.95. The summed E-state index contributed by atoms with van der Waals surface area (Å²) in [5, 5.41) is 18.7. The summed E-state index contributed by atoms with van der Waals surface area (Å²) >= 11 is 0. The second-order valence-corrected chi connectivity index (χ2v) is 11.7. The molecule has 2 aromatic carbocycles. The van der Waals surface area contributed by atoms with Crippen molar-refractivity contribution in [3.8, 4) is 11.5 Å². The van der Waals surface area contributed by atoms with Gasteiger partial charge in [-0.3, -0.25) is 0 Å². The van der Waals surface area contributed by atoms with E-state index in [1.807, 2.05) is 13.8 Å².